The number of aromatic nitrogens is 2. The van der Waals surface area contributed by atoms with Gasteiger partial charge in [0.15, 0.2) is 0 Å². The summed E-state index contributed by atoms with van der Waals surface area (Å²) in [6.45, 7) is 3.14. The van der Waals surface area contributed by atoms with Crippen LogP contribution in [0, 0.1) is 0 Å². The Morgan fingerprint density at radius 1 is 1.56 bits per heavy atom. The second-order valence-electron chi connectivity index (χ2n) is 4.19. The lowest BCUT2D eigenvalue weighted by Gasteiger charge is -2.14. The van der Waals surface area contributed by atoms with Gasteiger partial charge in [0.25, 0.3) is 0 Å². The molecule has 0 saturated carbocycles. The Hall–Kier alpha value is -1.33. The van der Waals surface area contributed by atoms with E-state index in [4.69, 9.17) is 4.74 Å². The standard InChI is InChI=1S/C13H19N3OS/c1-4-6-14-13(11-5-7-16(2)15-11)12-8-10(17-3)9-18-12/h5,7-9,13-14H,4,6H2,1-3H3. The summed E-state index contributed by atoms with van der Waals surface area (Å²) in [5.41, 5.74) is 1.05. The normalized spacial score (nSPS) is 12.6. The van der Waals surface area contributed by atoms with Crippen LogP contribution in [0.5, 0.6) is 5.75 Å². The summed E-state index contributed by atoms with van der Waals surface area (Å²) in [6, 6.07) is 4.28. The number of nitrogens with zero attached hydrogens (tertiary/aromatic N) is 2. The third-order valence-corrected chi connectivity index (χ3v) is 3.72. The van der Waals surface area contributed by atoms with Crippen molar-refractivity contribution >= 4 is 11.3 Å². The molecule has 5 heteroatoms. The SMILES string of the molecule is CCCNC(c1ccn(C)n1)c1cc(OC)cs1. The number of thiophene rings is 1. The molecule has 2 heterocycles. The number of hydrogen-bond donors (Lipinski definition) is 1. The van der Waals surface area contributed by atoms with Crippen molar-refractivity contribution in [2.45, 2.75) is 19.4 Å². The fourth-order valence-corrected chi connectivity index (χ4v) is 2.76. The van der Waals surface area contributed by atoms with E-state index in [1.54, 1.807) is 18.4 Å². The van der Waals surface area contributed by atoms with E-state index in [2.05, 4.69) is 29.5 Å². The minimum Gasteiger partial charge on any atom is -0.496 e. The monoisotopic (exact) mass is 265 g/mol. The first-order valence-electron chi connectivity index (χ1n) is 6.10. The van der Waals surface area contributed by atoms with Gasteiger partial charge in [-0.2, -0.15) is 5.10 Å². The Morgan fingerprint density at radius 2 is 2.39 bits per heavy atom. The van der Waals surface area contributed by atoms with Crippen LogP contribution in [0.15, 0.2) is 23.7 Å². The van der Waals surface area contributed by atoms with E-state index in [0.29, 0.717) is 0 Å². The van der Waals surface area contributed by atoms with Gasteiger partial charge >= 0.3 is 0 Å². The second kappa shape index (κ2) is 6.02. The summed E-state index contributed by atoms with van der Waals surface area (Å²) in [6.07, 6.45) is 3.08. The molecule has 0 aromatic carbocycles. The van der Waals surface area contributed by atoms with Gasteiger partial charge in [0.1, 0.15) is 5.75 Å². The molecule has 1 atom stereocenters. The second-order valence-corrected chi connectivity index (χ2v) is 5.13. The molecular formula is C13H19N3OS. The number of aryl methyl sites for hydroxylation is 1. The van der Waals surface area contributed by atoms with Crippen LogP contribution in [0.1, 0.15) is 30.0 Å². The molecule has 2 aromatic rings. The summed E-state index contributed by atoms with van der Waals surface area (Å²) in [4.78, 5) is 1.24. The summed E-state index contributed by atoms with van der Waals surface area (Å²) >= 11 is 1.70. The molecule has 0 spiro atoms. The van der Waals surface area contributed by atoms with Crippen molar-refractivity contribution in [3.8, 4) is 5.75 Å². The Morgan fingerprint density at radius 3 is 2.94 bits per heavy atom. The third-order valence-electron chi connectivity index (χ3n) is 2.74. The fourth-order valence-electron chi connectivity index (χ4n) is 1.82. The molecule has 0 fully saturated rings. The van der Waals surface area contributed by atoms with Crippen molar-refractivity contribution in [3.63, 3.8) is 0 Å². The maximum atomic E-state index is 5.25. The number of rotatable bonds is 6. The highest BCUT2D eigenvalue weighted by molar-refractivity contribution is 7.10. The number of hydrogen-bond acceptors (Lipinski definition) is 4. The van der Waals surface area contributed by atoms with Crippen molar-refractivity contribution in [2.24, 2.45) is 7.05 Å². The van der Waals surface area contributed by atoms with E-state index in [1.807, 2.05) is 23.3 Å². The van der Waals surface area contributed by atoms with Crippen LogP contribution >= 0.6 is 11.3 Å². The van der Waals surface area contributed by atoms with E-state index >= 15 is 0 Å². The lowest BCUT2D eigenvalue weighted by Crippen LogP contribution is -2.23. The van der Waals surface area contributed by atoms with Crippen molar-refractivity contribution in [3.05, 3.63) is 34.3 Å². The predicted molar refractivity (Wildman–Crippen MR) is 74.2 cm³/mol. The highest BCUT2D eigenvalue weighted by Gasteiger charge is 2.18. The Bertz CT molecular complexity index is 492. The average molecular weight is 265 g/mol. The molecule has 2 rings (SSSR count). The van der Waals surface area contributed by atoms with Gasteiger partial charge in [0.2, 0.25) is 0 Å². The summed E-state index contributed by atoms with van der Waals surface area (Å²) in [5.74, 6) is 0.911. The van der Waals surface area contributed by atoms with Crippen molar-refractivity contribution in [1.82, 2.24) is 15.1 Å². The average Bonchev–Trinajstić information content (AvgIpc) is 2.99. The zero-order valence-corrected chi connectivity index (χ0v) is 11.8. The summed E-state index contributed by atoms with van der Waals surface area (Å²) in [5, 5.41) is 10.1. The quantitative estimate of drug-likeness (QED) is 0.872. The lowest BCUT2D eigenvalue weighted by molar-refractivity contribution is 0.416. The number of ether oxygens (including phenoxy) is 1. The Kier molecular flexibility index (Phi) is 4.38. The lowest BCUT2D eigenvalue weighted by atomic mass is 10.1. The smallest absolute Gasteiger partial charge is 0.129 e. The van der Waals surface area contributed by atoms with E-state index in [-0.39, 0.29) is 6.04 Å². The molecule has 2 aromatic heterocycles. The largest absolute Gasteiger partial charge is 0.496 e. The van der Waals surface area contributed by atoms with Crippen molar-refractivity contribution in [1.29, 1.82) is 0 Å². The third kappa shape index (κ3) is 2.91. The van der Waals surface area contributed by atoms with E-state index < -0.39 is 0 Å². The van der Waals surface area contributed by atoms with Gasteiger partial charge in [-0.05, 0) is 25.1 Å². The first-order valence-corrected chi connectivity index (χ1v) is 6.98. The van der Waals surface area contributed by atoms with Crippen LogP contribution in [0.4, 0.5) is 0 Å². The molecule has 0 bridgehead atoms. The van der Waals surface area contributed by atoms with E-state index in [1.165, 1.54) is 4.88 Å². The number of nitrogens with one attached hydrogen (secondary N) is 1. The minimum atomic E-state index is 0.153. The van der Waals surface area contributed by atoms with Gasteiger partial charge in [-0.15, -0.1) is 11.3 Å². The van der Waals surface area contributed by atoms with Crippen molar-refractivity contribution < 1.29 is 4.74 Å². The van der Waals surface area contributed by atoms with Crippen LogP contribution in [0.25, 0.3) is 0 Å². The van der Waals surface area contributed by atoms with E-state index in [0.717, 1.165) is 24.4 Å². The Labute approximate surface area is 112 Å². The molecule has 4 nitrogen and oxygen atoms in total. The van der Waals surface area contributed by atoms with Crippen LogP contribution in [0.2, 0.25) is 0 Å². The van der Waals surface area contributed by atoms with Gasteiger partial charge in [0, 0.05) is 23.5 Å². The Balaban J connectivity index is 2.24. The zero-order valence-electron chi connectivity index (χ0n) is 11.0. The molecule has 1 N–H and O–H groups in total. The highest BCUT2D eigenvalue weighted by atomic mass is 32.1. The van der Waals surface area contributed by atoms with Gasteiger partial charge in [-0.3, -0.25) is 4.68 Å². The van der Waals surface area contributed by atoms with Crippen LogP contribution in [-0.4, -0.2) is 23.4 Å². The van der Waals surface area contributed by atoms with Gasteiger partial charge in [-0.1, -0.05) is 6.92 Å². The molecule has 1 unspecified atom stereocenters. The first-order chi connectivity index (χ1) is 8.74. The predicted octanol–water partition coefficient (Wildman–Crippen LogP) is 2.58. The summed E-state index contributed by atoms with van der Waals surface area (Å²) in [7, 11) is 3.64. The minimum absolute atomic E-state index is 0.153. The molecule has 0 aliphatic rings. The molecule has 0 amide bonds. The van der Waals surface area contributed by atoms with Crippen molar-refractivity contribution in [2.75, 3.05) is 13.7 Å². The fraction of sp³-hybridized carbons (Fsp3) is 0.462. The highest BCUT2D eigenvalue weighted by Crippen LogP contribution is 2.30. The molecule has 0 aliphatic carbocycles. The molecule has 18 heavy (non-hydrogen) atoms. The maximum Gasteiger partial charge on any atom is 0.129 e. The molecule has 98 valence electrons. The topological polar surface area (TPSA) is 39.1 Å². The number of methoxy groups -OCH3 is 1. The zero-order chi connectivity index (χ0) is 13.0. The molecular weight excluding hydrogens is 246 g/mol. The molecule has 0 radical (unpaired) electrons. The summed E-state index contributed by atoms with van der Waals surface area (Å²) < 4.78 is 7.08. The maximum absolute atomic E-state index is 5.25. The molecule has 0 aliphatic heterocycles. The van der Waals surface area contributed by atoms with Gasteiger partial charge < -0.3 is 10.1 Å². The van der Waals surface area contributed by atoms with Crippen LogP contribution in [0.3, 0.4) is 0 Å². The first kappa shape index (κ1) is 13.1. The van der Waals surface area contributed by atoms with Gasteiger partial charge in [-0.25, -0.2) is 0 Å². The van der Waals surface area contributed by atoms with Crippen LogP contribution < -0.4 is 10.1 Å². The molecule has 0 saturated heterocycles. The van der Waals surface area contributed by atoms with E-state index in [9.17, 15) is 0 Å². The van der Waals surface area contributed by atoms with Crippen LogP contribution in [-0.2, 0) is 7.05 Å². The van der Waals surface area contributed by atoms with Gasteiger partial charge in [0.05, 0.1) is 18.8 Å².